The number of carbonyl (C=O) groups excluding carboxylic acids is 1. The number of likely N-dealkylation sites (N-methyl/N-ethyl adjacent to an activating group) is 1. The Bertz CT molecular complexity index is 458. The maximum atomic E-state index is 11.9. The number of benzene rings is 1. The van der Waals surface area contributed by atoms with Crippen LogP contribution in [0.25, 0.3) is 0 Å². The standard InChI is InChI=1S/C16H24N2O4/c1-18(16(19)17-12-15-4-3-10-21-15)9-11-22-14-7-5-13(20-2)6-8-14/h5-8,15H,3-4,9-12H2,1-2H3,(H,17,19). The highest BCUT2D eigenvalue weighted by molar-refractivity contribution is 5.73. The molecule has 0 aromatic heterocycles. The van der Waals surface area contributed by atoms with Crippen molar-refractivity contribution in [1.29, 1.82) is 0 Å². The molecule has 1 aliphatic heterocycles. The van der Waals surface area contributed by atoms with Gasteiger partial charge < -0.3 is 24.4 Å². The summed E-state index contributed by atoms with van der Waals surface area (Å²) in [6, 6.07) is 7.27. The van der Waals surface area contributed by atoms with Crippen molar-refractivity contribution in [3.05, 3.63) is 24.3 Å². The van der Waals surface area contributed by atoms with E-state index in [9.17, 15) is 4.79 Å². The number of urea groups is 1. The van der Waals surface area contributed by atoms with E-state index in [2.05, 4.69) is 5.32 Å². The van der Waals surface area contributed by atoms with E-state index in [4.69, 9.17) is 14.2 Å². The minimum Gasteiger partial charge on any atom is -0.497 e. The van der Waals surface area contributed by atoms with Crippen LogP contribution in [0, 0.1) is 0 Å². The van der Waals surface area contributed by atoms with Crippen molar-refractivity contribution in [3.63, 3.8) is 0 Å². The molecule has 0 aliphatic carbocycles. The Morgan fingerprint density at radius 3 is 2.73 bits per heavy atom. The molecule has 1 unspecified atom stereocenters. The highest BCUT2D eigenvalue weighted by Gasteiger charge is 2.17. The largest absolute Gasteiger partial charge is 0.497 e. The van der Waals surface area contributed by atoms with Crippen molar-refractivity contribution in [2.45, 2.75) is 18.9 Å². The molecule has 1 aromatic rings. The van der Waals surface area contributed by atoms with Gasteiger partial charge >= 0.3 is 6.03 Å². The highest BCUT2D eigenvalue weighted by atomic mass is 16.5. The number of hydrogen-bond donors (Lipinski definition) is 1. The van der Waals surface area contributed by atoms with Gasteiger partial charge in [0.15, 0.2) is 0 Å². The minimum absolute atomic E-state index is 0.103. The quantitative estimate of drug-likeness (QED) is 0.836. The van der Waals surface area contributed by atoms with Gasteiger partial charge in [-0.2, -0.15) is 0 Å². The SMILES string of the molecule is COc1ccc(OCCN(C)C(=O)NCC2CCCO2)cc1. The lowest BCUT2D eigenvalue weighted by Crippen LogP contribution is -2.42. The van der Waals surface area contributed by atoms with E-state index >= 15 is 0 Å². The summed E-state index contributed by atoms with van der Waals surface area (Å²) in [7, 11) is 3.38. The number of nitrogens with zero attached hydrogens (tertiary/aromatic N) is 1. The molecule has 1 N–H and O–H groups in total. The highest BCUT2D eigenvalue weighted by Crippen LogP contribution is 2.16. The van der Waals surface area contributed by atoms with Gasteiger partial charge in [0.05, 0.1) is 19.8 Å². The van der Waals surface area contributed by atoms with E-state index in [0.717, 1.165) is 30.9 Å². The second-order valence-corrected chi connectivity index (χ2v) is 5.27. The van der Waals surface area contributed by atoms with Crippen LogP contribution in [-0.2, 0) is 4.74 Å². The van der Waals surface area contributed by atoms with Crippen molar-refractivity contribution in [3.8, 4) is 11.5 Å². The first-order valence-corrected chi connectivity index (χ1v) is 7.56. The first kappa shape index (κ1) is 16.4. The maximum absolute atomic E-state index is 11.9. The van der Waals surface area contributed by atoms with Gasteiger partial charge in [-0.25, -0.2) is 4.79 Å². The normalized spacial score (nSPS) is 17.1. The average molecular weight is 308 g/mol. The molecule has 0 bridgehead atoms. The lowest BCUT2D eigenvalue weighted by molar-refractivity contribution is 0.109. The summed E-state index contributed by atoms with van der Waals surface area (Å²) in [6.07, 6.45) is 2.25. The fraction of sp³-hybridized carbons (Fsp3) is 0.562. The Labute approximate surface area is 131 Å². The summed E-state index contributed by atoms with van der Waals surface area (Å²) < 4.78 is 16.2. The lowest BCUT2D eigenvalue weighted by atomic mass is 10.2. The molecule has 0 spiro atoms. The second-order valence-electron chi connectivity index (χ2n) is 5.27. The molecule has 1 heterocycles. The Balaban J connectivity index is 1.63. The van der Waals surface area contributed by atoms with Crippen LogP contribution in [0.2, 0.25) is 0 Å². The van der Waals surface area contributed by atoms with E-state index in [0.29, 0.717) is 19.7 Å². The van der Waals surface area contributed by atoms with E-state index in [1.807, 2.05) is 24.3 Å². The summed E-state index contributed by atoms with van der Waals surface area (Å²) in [5.41, 5.74) is 0. The van der Waals surface area contributed by atoms with Crippen LogP contribution in [-0.4, -0.2) is 57.5 Å². The smallest absolute Gasteiger partial charge is 0.317 e. The van der Waals surface area contributed by atoms with Crippen LogP contribution >= 0.6 is 0 Å². The first-order valence-electron chi connectivity index (χ1n) is 7.56. The number of methoxy groups -OCH3 is 1. The number of rotatable bonds is 7. The molecule has 1 aliphatic rings. The van der Waals surface area contributed by atoms with Gasteiger partial charge in [-0.05, 0) is 37.1 Å². The Morgan fingerprint density at radius 1 is 1.36 bits per heavy atom. The molecule has 0 radical (unpaired) electrons. The van der Waals surface area contributed by atoms with E-state index in [1.165, 1.54) is 0 Å². The Hall–Kier alpha value is -1.95. The number of ether oxygens (including phenoxy) is 3. The molecule has 1 atom stereocenters. The van der Waals surface area contributed by atoms with Crippen molar-refractivity contribution >= 4 is 6.03 Å². The summed E-state index contributed by atoms with van der Waals surface area (Å²) >= 11 is 0. The molecular weight excluding hydrogens is 284 g/mol. The van der Waals surface area contributed by atoms with Crippen LogP contribution in [0.5, 0.6) is 11.5 Å². The van der Waals surface area contributed by atoms with E-state index < -0.39 is 0 Å². The third-order valence-corrected chi connectivity index (χ3v) is 3.61. The molecule has 22 heavy (non-hydrogen) atoms. The van der Waals surface area contributed by atoms with Gasteiger partial charge in [0.2, 0.25) is 0 Å². The number of amides is 2. The predicted molar refractivity (Wildman–Crippen MR) is 83.5 cm³/mol. The Kier molecular flexibility index (Phi) is 6.33. The zero-order valence-corrected chi connectivity index (χ0v) is 13.2. The van der Waals surface area contributed by atoms with Crippen LogP contribution in [0.15, 0.2) is 24.3 Å². The molecule has 1 aromatic carbocycles. The number of carbonyl (C=O) groups is 1. The Morgan fingerprint density at radius 2 is 2.09 bits per heavy atom. The number of nitrogens with one attached hydrogen (secondary N) is 1. The van der Waals surface area contributed by atoms with Gasteiger partial charge in [0, 0.05) is 20.2 Å². The zero-order chi connectivity index (χ0) is 15.8. The van der Waals surface area contributed by atoms with Gasteiger partial charge in [0.25, 0.3) is 0 Å². The van der Waals surface area contributed by atoms with Crippen LogP contribution < -0.4 is 14.8 Å². The lowest BCUT2D eigenvalue weighted by Gasteiger charge is -2.19. The summed E-state index contributed by atoms with van der Waals surface area (Å²) in [4.78, 5) is 13.5. The van der Waals surface area contributed by atoms with Crippen LogP contribution in [0.4, 0.5) is 4.79 Å². The van der Waals surface area contributed by atoms with Gasteiger partial charge in [0.1, 0.15) is 18.1 Å². The minimum atomic E-state index is -0.103. The zero-order valence-electron chi connectivity index (χ0n) is 13.2. The van der Waals surface area contributed by atoms with Gasteiger partial charge in [-0.3, -0.25) is 0 Å². The summed E-state index contributed by atoms with van der Waals surface area (Å²) in [5.74, 6) is 1.55. The fourth-order valence-electron chi connectivity index (χ4n) is 2.22. The van der Waals surface area contributed by atoms with Crippen molar-refractivity contribution < 1.29 is 19.0 Å². The molecule has 0 saturated carbocycles. The first-order chi connectivity index (χ1) is 10.7. The molecule has 1 fully saturated rings. The third kappa shape index (κ3) is 5.11. The fourth-order valence-corrected chi connectivity index (χ4v) is 2.22. The van der Waals surface area contributed by atoms with Crippen molar-refractivity contribution in [2.24, 2.45) is 0 Å². The van der Waals surface area contributed by atoms with E-state index in [1.54, 1.807) is 19.1 Å². The topological polar surface area (TPSA) is 60.0 Å². The molecule has 1 saturated heterocycles. The number of hydrogen-bond acceptors (Lipinski definition) is 4. The molecular formula is C16H24N2O4. The second kappa shape index (κ2) is 8.48. The van der Waals surface area contributed by atoms with E-state index in [-0.39, 0.29) is 12.1 Å². The third-order valence-electron chi connectivity index (χ3n) is 3.61. The van der Waals surface area contributed by atoms with Crippen molar-refractivity contribution in [2.75, 3.05) is 40.5 Å². The molecule has 6 nitrogen and oxygen atoms in total. The maximum Gasteiger partial charge on any atom is 0.317 e. The van der Waals surface area contributed by atoms with Gasteiger partial charge in [-0.1, -0.05) is 0 Å². The predicted octanol–water partition coefficient (Wildman–Crippen LogP) is 1.89. The monoisotopic (exact) mass is 308 g/mol. The summed E-state index contributed by atoms with van der Waals surface area (Å²) in [6.45, 7) is 2.33. The molecule has 6 heteroatoms. The molecule has 2 rings (SSSR count). The average Bonchev–Trinajstić information content (AvgIpc) is 3.06. The van der Waals surface area contributed by atoms with Gasteiger partial charge in [-0.15, -0.1) is 0 Å². The van der Waals surface area contributed by atoms with Crippen molar-refractivity contribution in [1.82, 2.24) is 10.2 Å². The molecule has 2 amide bonds. The van der Waals surface area contributed by atoms with Crippen LogP contribution in [0.3, 0.4) is 0 Å². The van der Waals surface area contributed by atoms with Crippen LogP contribution in [0.1, 0.15) is 12.8 Å². The summed E-state index contributed by atoms with van der Waals surface area (Å²) in [5, 5.41) is 2.88. The molecule has 122 valence electrons.